The molecule has 1 aromatic carbocycles. The first-order valence-corrected chi connectivity index (χ1v) is 14.9. The molecule has 2 atom stereocenters. The molecule has 234 valence electrons. The zero-order valence-corrected chi connectivity index (χ0v) is 25.1. The third-order valence-electron chi connectivity index (χ3n) is 9.59. The summed E-state index contributed by atoms with van der Waals surface area (Å²) in [6.45, 7) is 0.956. The van der Waals surface area contributed by atoms with Gasteiger partial charge in [0.05, 0.1) is 45.4 Å². The van der Waals surface area contributed by atoms with Gasteiger partial charge < -0.3 is 14.9 Å². The molecule has 1 amide bonds. The van der Waals surface area contributed by atoms with Crippen LogP contribution < -0.4 is 0 Å². The number of fused-ring (bicyclic) bond motifs is 2. The van der Waals surface area contributed by atoms with E-state index in [0.717, 1.165) is 40.8 Å². The number of hydrogen-bond acceptors (Lipinski definition) is 5. The maximum atomic E-state index is 14.6. The van der Waals surface area contributed by atoms with Crippen LogP contribution >= 0.6 is 23.2 Å². The first kappa shape index (κ1) is 31.7. The fourth-order valence-electron chi connectivity index (χ4n) is 6.98. The van der Waals surface area contributed by atoms with Crippen LogP contribution in [0.5, 0.6) is 0 Å². The number of amides is 1. The van der Waals surface area contributed by atoms with Crippen LogP contribution in [0.15, 0.2) is 18.3 Å². The Kier molecular flexibility index (Phi) is 8.60. The van der Waals surface area contributed by atoms with Gasteiger partial charge in [-0.3, -0.25) is 19.1 Å². The van der Waals surface area contributed by atoms with Crippen molar-refractivity contribution in [2.24, 2.45) is 5.41 Å². The van der Waals surface area contributed by atoms with Crippen LogP contribution in [-0.4, -0.2) is 74.1 Å². The number of piperidine rings is 1. The Balaban J connectivity index is 1.50. The second-order valence-electron chi connectivity index (χ2n) is 12.2. The van der Waals surface area contributed by atoms with Crippen molar-refractivity contribution < 1.29 is 37.1 Å². The quantitative estimate of drug-likeness (QED) is 0.272. The molecule has 0 spiro atoms. The molecule has 2 aromatic rings. The lowest BCUT2D eigenvalue weighted by Crippen LogP contribution is -2.52. The Labute approximate surface area is 255 Å². The third kappa shape index (κ3) is 6.02. The van der Waals surface area contributed by atoms with Crippen LogP contribution in [0.25, 0.3) is 0 Å². The first-order chi connectivity index (χ1) is 20.1. The Morgan fingerprint density at radius 3 is 2.12 bits per heavy atom. The zero-order chi connectivity index (χ0) is 31.4. The minimum atomic E-state index is -4.96. The maximum Gasteiger partial charge on any atom is 0.433 e. The second-order valence-corrected chi connectivity index (χ2v) is 13.0. The average Bonchev–Trinajstić information content (AvgIpc) is 3.43. The molecule has 2 bridgehead atoms. The SMILES string of the molecule is CN1[C@@H]2CC[C@@H]1CC(N(CC(=O)c1c(Cl)cc(F)cc1Cl)C(=O)c1cnn(C3CCC(C)(C(=O)O)CC3)c1C(F)(F)F)C2. The van der Waals surface area contributed by atoms with Crippen LogP contribution in [0.3, 0.4) is 0 Å². The van der Waals surface area contributed by atoms with Gasteiger partial charge in [0, 0.05) is 18.1 Å². The number of rotatable bonds is 7. The van der Waals surface area contributed by atoms with Crippen molar-refractivity contribution in [3.63, 3.8) is 0 Å². The number of carbonyl (C=O) groups excluding carboxylic acids is 2. The number of alkyl halides is 3. The Hall–Kier alpha value is -2.70. The van der Waals surface area contributed by atoms with Crippen LogP contribution in [0, 0.1) is 11.2 Å². The molecule has 14 heteroatoms. The molecule has 1 aromatic heterocycles. The van der Waals surface area contributed by atoms with E-state index in [0.29, 0.717) is 12.8 Å². The van der Waals surface area contributed by atoms with Gasteiger partial charge in [0.25, 0.3) is 5.91 Å². The number of ketones is 1. The third-order valence-corrected chi connectivity index (χ3v) is 10.2. The summed E-state index contributed by atoms with van der Waals surface area (Å²) >= 11 is 12.3. The summed E-state index contributed by atoms with van der Waals surface area (Å²) in [5.74, 6) is -3.50. The van der Waals surface area contributed by atoms with Crippen molar-refractivity contribution >= 4 is 40.9 Å². The lowest BCUT2D eigenvalue weighted by molar-refractivity contribution is -0.152. The van der Waals surface area contributed by atoms with E-state index in [9.17, 15) is 37.1 Å². The average molecular weight is 647 g/mol. The summed E-state index contributed by atoms with van der Waals surface area (Å²) < 4.78 is 58.5. The minimum absolute atomic E-state index is 0.0998. The summed E-state index contributed by atoms with van der Waals surface area (Å²) in [7, 11) is 1.97. The number of carboxylic acids is 1. The predicted octanol–water partition coefficient (Wildman–Crippen LogP) is 6.50. The number of hydrogen-bond donors (Lipinski definition) is 1. The molecular formula is C29H32Cl2F4N4O4. The van der Waals surface area contributed by atoms with Crippen molar-refractivity contribution in [3.05, 3.63) is 51.0 Å². The molecule has 3 heterocycles. The van der Waals surface area contributed by atoms with Gasteiger partial charge in [-0.2, -0.15) is 18.3 Å². The standard InChI is InChI=1S/C29H32Cl2F4N4O4/c1-28(27(42)43)7-5-16(6-8-28)39-25(29(33,34)35)20(13-36-39)26(41)38(19-11-17-3-4-18(12-19)37(17)2)14-23(40)24-21(30)9-15(32)10-22(24)31/h9-10,13,16-19H,3-8,11-12,14H2,1-2H3,(H,42,43)/t16?,17-,18-,28?/m1/s1. The highest BCUT2D eigenvalue weighted by Gasteiger charge is 2.47. The number of aromatic nitrogens is 2. The highest BCUT2D eigenvalue weighted by molar-refractivity contribution is 6.40. The van der Waals surface area contributed by atoms with Gasteiger partial charge in [-0.15, -0.1) is 0 Å². The molecule has 5 rings (SSSR count). The number of carbonyl (C=O) groups is 3. The van der Waals surface area contributed by atoms with Crippen molar-refractivity contribution in [2.45, 2.75) is 88.6 Å². The summed E-state index contributed by atoms with van der Waals surface area (Å²) in [6, 6.07) is 0.725. The monoisotopic (exact) mass is 646 g/mol. The first-order valence-electron chi connectivity index (χ1n) is 14.2. The molecule has 2 saturated heterocycles. The van der Waals surface area contributed by atoms with Crippen molar-refractivity contribution in [1.29, 1.82) is 0 Å². The van der Waals surface area contributed by atoms with E-state index in [-0.39, 0.29) is 53.4 Å². The molecule has 3 aliphatic rings. The molecule has 0 unspecified atom stereocenters. The molecule has 8 nitrogen and oxygen atoms in total. The van der Waals surface area contributed by atoms with E-state index in [1.807, 2.05) is 7.05 Å². The van der Waals surface area contributed by atoms with Gasteiger partial charge in [0.15, 0.2) is 11.5 Å². The van der Waals surface area contributed by atoms with Crippen LogP contribution in [0.1, 0.15) is 90.7 Å². The Morgan fingerprint density at radius 1 is 1.05 bits per heavy atom. The zero-order valence-electron chi connectivity index (χ0n) is 23.6. The van der Waals surface area contributed by atoms with E-state index < -0.39 is 65.0 Å². The fourth-order valence-corrected chi connectivity index (χ4v) is 7.65. The number of benzene rings is 1. The van der Waals surface area contributed by atoms with Gasteiger partial charge >= 0.3 is 12.1 Å². The normalized spacial score (nSPS) is 27.7. The topological polar surface area (TPSA) is 95.7 Å². The summed E-state index contributed by atoms with van der Waals surface area (Å²) in [5.41, 5.74) is -3.18. The summed E-state index contributed by atoms with van der Waals surface area (Å²) in [6.07, 6.45) is -0.817. The fraction of sp³-hybridized carbons (Fsp3) is 0.586. The smallest absolute Gasteiger partial charge is 0.433 e. The number of halogens is 6. The molecular weight excluding hydrogens is 615 g/mol. The lowest BCUT2D eigenvalue weighted by atomic mass is 9.74. The highest BCUT2D eigenvalue weighted by Crippen LogP contribution is 2.44. The van der Waals surface area contributed by atoms with Gasteiger partial charge in [-0.05, 0) is 77.5 Å². The summed E-state index contributed by atoms with van der Waals surface area (Å²) in [5, 5.41) is 13.0. The van der Waals surface area contributed by atoms with E-state index in [1.165, 1.54) is 0 Å². The number of nitrogens with zero attached hydrogens (tertiary/aromatic N) is 4. The highest BCUT2D eigenvalue weighted by atomic mass is 35.5. The van der Waals surface area contributed by atoms with E-state index in [4.69, 9.17) is 23.2 Å². The molecule has 1 N–H and O–H groups in total. The molecule has 2 aliphatic heterocycles. The van der Waals surface area contributed by atoms with Crippen LogP contribution in [0.2, 0.25) is 10.0 Å². The molecule has 1 aliphatic carbocycles. The van der Waals surface area contributed by atoms with Crippen molar-refractivity contribution in [2.75, 3.05) is 13.6 Å². The van der Waals surface area contributed by atoms with E-state index in [1.54, 1.807) is 6.92 Å². The van der Waals surface area contributed by atoms with E-state index in [2.05, 4.69) is 10.00 Å². The Morgan fingerprint density at radius 2 is 1.60 bits per heavy atom. The molecule has 3 fully saturated rings. The van der Waals surface area contributed by atoms with E-state index >= 15 is 0 Å². The number of aliphatic carboxylic acids is 1. The molecule has 0 radical (unpaired) electrons. The Bertz CT molecular complexity index is 1400. The predicted molar refractivity (Wildman–Crippen MR) is 150 cm³/mol. The minimum Gasteiger partial charge on any atom is -0.481 e. The second kappa shape index (κ2) is 11.7. The largest absolute Gasteiger partial charge is 0.481 e. The maximum absolute atomic E-state index is 14.6. The van der Waals surface area contributed by atoms with Gasteiger partial charge in [0.1, 0.15) is 5.82 Å². The lowest BCUT2D eigenvalue weighted by Gasteiger charge is -2.41. The van der Waals surface area contributed by atoms with Gasteiger partial charge in [-0.1, -0.05) is 23.2 Å². The van der Waals surface area contributed by atoms with Crippen molar-refractivity contribution in [3.8, 4) is 0 Å². The number of Topliss-reactive ketones (excluding diaryl/α,β-unsaturated/α-hetero) is 1. The van der Waals surface area contributed by atoms with Crippen LogP contribution in [0.4, 0.5) is 17.6 Å². The van der Waals surface area contributed by atoms with Gasteiger partial charge in [0.2, 0.25) is 0 Å². The summed E-state index contributed by atoms with van der Waals surface area (Å²) in [4.78, 5) is 42.6. The molecule has 43 heavy (non-hydrogen) atoms. The molecule has 1 saturated carbocycles. The van der Waals surface area contributed by atoms with Gasteiger partial charge in [-0.25, -0.2) is 4.39 Å². The van der Waals surface area contributed by atoms with Crippen molar-refractivity contribution in [1.82, 2.24) is 19.6 Å². The van der Waals surface area contributed by atoms with Crippen LogP contribution in [-0.2, 0) is 11.0 Å². The number of carboxylic acid groups (broad SMARTS) is 1.